The van der Waals surface area contributed by atoms with Gasteiger partial charge in [-0.25, -0.2) is 4.98 Å². The molecule has 154 valence electrons. The number of aryl methyl sites for hydroxylation is 2. The van der Waals surface area contributed by atoms with E-state index >= 15 is 0 Å². The molecule has 0 amide bonds. The van der Waals surface area contributed by atoms with Crippen LogP contribution in [-0.2, 0) is 12.2 Å². The molecule has 2 heterocycles. The largest absolute Gasteiger partial charge is 0.338 e. The monoisotopic (exact) mass is 420 g/mol. The minimum Gasteiger partial charge on any atom is -0.338 e. The summed E-state index contributed by atoms with van der Waals surface area (Å²) in [6.07, 6.45) is 0.773. The van der Waals surface area contributed by atoms with Crippen molar-refractivity contribution in [2.45, 2.75) is 45.0 Å². The first kappa shape index (κ1) is 20.3. The van der Waals surface area contributed by atoms with E-state index in [9.17, 15) is 4.79 Å². The van der Waals surface area contributed by atoms with E-state index in [1.807, 2.05) is 56.3 Å². The summed E-state index contributed by atoms with van der Waals surface area (Å²) in [4.78, 5) is 22.7. The number of thioether (sulfide) groups is 1. The number of hydrogen-bond donors (Lipinski definition) is 0. The lowest BCUT2D eigenvalue weighted by Gasteiger charge is -2.15. The van der Waals surface area contributed by atoms with E-state index in [4.69, 9.17) is 9.51 Å². The molecule has 0 radical (unpaired) electrons. The maximum atomic E-state index is 13.4. The van der Waals surface area contributed by atoms with E-state index in [1.165, 1.54) is 11.8 Å². The number of hydrogen-bond acceptors (Lipinski definition) is 6. The minimum absolute atomic E-state index is 0.0807. The number of nitrogens with zero attached hydrogens (tertiary/aromatic N) is 4. The highest BCUT2D eigenvalue weighted by molar-refractivity contribution is 7.98. The Balaban J connectivity index is 1.77. The number of aromatic nitrogens is 4. The van der Waals surface area contributed by atoms with Gasteiger partial charge in [-0.1, -0.05) is 55.0 Å². The van der Waals surface area contributed by atoms with Crippen LogP contribution in [0.2, 0.25) is 0 Å². The highest BCUT2D eigenvalue weighted by Gasteiger charge is 2.17. The van der Waals surface area contributed by atoms with Crippen molar-refractivity contribution < 1.29 is 4.52 Å². The van der Waals surface area contributed by atoms with Crippen LogP contribution in [0.4, 0.5) is 0 Å². The van der Waals surface area contributed by atoms with Crippen LogP contribution < -0.4 is 5.56 Å². The molecule has 7 heteroatoms. The zero-order chi connectivity index (χ0) is 21.3. The predicted octanol–water partition coefficient (Wildman–Crippen LogP) is 4.88. The Bertz CT molecular complexity index is 1260. The van der Waals surface area contributed by atoms with Gasteiger partial charge in [0.05, 0.1) is 22.3 Å². The van der Waals surface area contributed by atoms with E-state index in [2.05, 4.69) is 24.0 Å². The summed E-state index contributed by atoms with van der Waals surface area (Å²) in [5, 5.41) is 5.26. The molecule has 0 saturated carbocycles. The molecule has 0 bridgehead atoms. The molecule has 0 aliphatic carbocycles. The van der Waals surface area contributed by atoms with Gasteiger partial charge in [0.15, 0.2) is 11.0 Å². The quantitative estimate of drug-likeness (QED) is 0.327. The molecule has 30 heavy (non-hydrogen) atoms. The van der Waals surface area contributed by atoms with Crippen molar-refractivity contribution in [1.82, 2.24) is 19.7 Å². The van der Waals surface area contributed by atoms with Crippen LogP contribution in [0.15, 0.2) is 56.9 Å². The van der Waals surface area contributed by atoms with E-state index in [0.717, 1.165) is 23.2 Å². The van der Waals surface area contributed by atoms with Gasteiger partial charge >= 0.3 is 0 Å². The van der Waals surface area contributed by atoms with Gasteiger partial charge in [0.1, 0.15) is 0 Å². The molecule has 4 aromatic rings. The summed E-state index contributed by atoms with van der Waals surface area (Å²) in [5.41, 5.74) is 3.53. The van der Waals surface area contributed by atoms with Gasteiger partial charge in [0.25, 0.3) is 5.56 Å². The summed E-state index contributed by atoms with van der Waals surface area (Å²) in [5.74, 6) is 2.14. The van der Waals surface area contributed by atoms with Crippen LogP contribution in [-0.4, -0.2) is 19.7 Å². The number of benzene rings is 2. The van der Waals surface area contributed by atoms with E-state index in [1.54, 1.807) is 4.57 Å². The summed E-state index contributed by atoms with van der Waals surface area (Å²) in [7, 11) is 0. The molecule has 2 aromatic heterocycles. The predicted molar refractivity (Wildman–Crippen MR) is 119 cm³/mol. The van der Waals surface area contributed by atoms with E-state index in [-0.39, 0.29) is 5.56 Å². The van der Waals surface area contributed by atoms with E-state index in [0.29, 0.717) is 39.4 Å². The first-order chi connectivity index (χ1) is 14.4. The third kappa shape index (κ3) is 4.16. The first-order valence-corrected chi connectivity index (χ1v) is 10.9. The van der Waals surface area contributed by atoms with E-state index < -0.39 is 0 Å². The van der Waals surface area contributed by atoms with Gasteiger partial charge in [0, 0.05) is 6.42 Å². The molecule has 4 rings (SSSR count). The zero-order valence-corrected chi connectivity index (χ0v) is 18.4. The van der Waals surface area contributed by atoms with Crippen LogP contribution >= 0.6 is 11.8 Å². The Hall–Kier alpha value is -2.93. The summed E-state index contributed by atoms with van der Waals surface area (Å²) in [6, 6.07) is 13.5. The Morgan fingerprint density at radius 1 is 1.10 bits per heavy atom. The fraction of sp³-hybridized carbons (Fsp3) is 0.304. The maximum absolute atomic E-state index is 13.4. The van der Waals surface area contributed by atoms with Crippen molar-refractivity contribution in [2.75, 3.05) is 0 Å². The van der Waals surface area contributed by atoms with Crippen LogP contribution in [0.5, 0.6) is 0 Å². The fourth-order valence-corrected chi connectivity index (χ4v) is 4.15. The average molecular weight is 421 g/mol. The molecular weight excluding hydrogens is 396 g/mol. The molecule has 0 spiro atoms. The molecule has 0 N–H and O–H groups in total. The molecule has 0 fully saturated rings. The summed E-state index contributed by atoms with van der Waals surface area (Å²) < 4.78 is 7.09. The number of rotatable bonds is 6. The van der Waals surface area contributed by atoms with Crippen molar-refractivity contribution in [1.29, 1.82) is 0 Å². The lowest BCUT2D eigenvalue weighted by Crippen LogP contribution is -2.22. The Labute approximate surface area is 179 Å². The van der Waals surface area contributed by atoms with Gasteiger partial charge in [-0.15, -0.1) is 0 Å². The Morgan fingerprint density at radius 3 is 2.70 bits per heavy atom. The fourth-order valence-electron chi connectivity index (χ4n) is 3.31. The van der Waals surface area contributed by atoms with Crippen molar-refractivity contribution in [3.63, 3.8) is 0 Å². The molecule has 0 atom stereocenters. The van der Waals surface area contributed by atoms with Crippen LogP contribution in [0.25, 0.3) is 16.6 Å². The lowest BCUT2D eigenvalue weighted by atomic mass is 10.1. The zero-order valence-electron chi connectivity index (χ0n) is 17.5. The molecule has 6 nitrogen and oxygen atoms in total. The molecule has 0 aliphatic rings. The van der Waals surface area contributed by atoms with Gasteiger partial charge in [-0.3, -0.25) is 9.36 Å². The van der Waals surface area contributed by atoms with Gasteiger partial charge in [0.2, 0.25) is 5.89 Å². The lowest BCUT2D eigenvalue weighted by molar-refractivity contribution is 0.382. The van der Waals surface area contributed by atoms with Gasteiger partial charge < -0.3 is 4.52 Å². The van der Waals surface area contributed by atoms with Crippen molar-refractivity contribution in [2.24, 2.45) is 5.92 Å². The van der Waals surface area contributed by atoms with Crippen molar-refractivity contribution in [3.8, 4) is 5.69 Å². The summed E-state index contributed by atoms with van der Waals surface area (Å²) in [6.45, 7) is 8.25. The molecular formula is C23H24N4O2S. The van der Waals surface area contributed by atoms with Crippen molar-refractivity contribution >= 4 is 22.7 Å². The summed E-state index contributed by atoms with van der Waals surface area (Å²) >= 11 is 1.43. The third-order valence-corrected chi connectivity index (χ3v) is 5.70. The maximum Gasteiger partial charge on any atom is 0.266 e. The number of fused-ring (bicyclic) bond motifs is 1. The molecule has 0 saturated heterocycles. The Kier molecular flexibility index (Phi) is 5.72. The van der Waals surface area contributed by atoms with Crippen molar-refractivity contribution in [3.05, 3.63) is 75.7 Å². The normalized spacial score (nSPS) is 11.5. The average Bonchev–Trinajstić information content (AvgIpc) is 3.15. The van der Waals surface area contributed by atoms with Gasteiger partial charge in [-0.05, 0) is 49.1 Å². The molecule has 0 unspecified atom stereocenters. The topological polar surface area (TPSA) is 73.8 Å². The first-order valence-electron chi connectivity index (χ1n) is 9.96. The Morgan fingerprint density at radius 2 is 1.90 bits per heavy atom. The third-order valence-electron chi connectivity index (χ3n) is 4.78. The second-order valence-corrected chi connectivity index (χ2v) is 8.78. The smallest absolute Gasteiger partial charge is 0.266 e. The van der Waals surface area contributed by atoms with Crippen LogP contribution in [0.3, 0.4) is 0 Å². The SMILES string of the molecule is Cc1ccc(C)c(-n2c(SCc3nc(CC(C)C)no3)nc3ccccc3c2=O)c1. The molecule has 0 aliphatic heterocycles. The second kappa shape index (κ2) is 8.44. The highest BCUT2D eigenvalue weighted by atomic mass is 32.2. The second-order valence-electron chi connectivity index (χ2n) is 7.83. The van der Waals surface area contributed by atoms with Gasteiger partial charge in [-0.2, -0.15) is 4.98 Å². The van der Waals surface area contributed by atoms with Crippen LogP contribution in [0.1, 0.15) is 36.7 Å². The minimum atomic E-state index is -0.0807. The standard InChI is InChI=1S/C23H24N4O2S/c1-14(2)11-20-25-21(29-26-20)13-30-23-24-18-8-6-5-7-17(18)22(28)27(23)19-12-15(3)9-10-16(19)4/h5-10,12,14H,11,13H2,1-4H3. The highest BCUT2D eigenvalue weighted by Crippen LogP contribution is 2.26. The molecule has 2 aromatic carbocycles. The number of para-hydroxylation sites is 1. The van der Waals surface area contributed by atoms with Crippen LogP contribution in [0, 0.1) is 19.8 Å².